The summed E-state index contributed by atoms with van der Waals surface area (Å²) in [5.74, 6) is 0.374. The first kappa shape index (κ1) is 13.1. The van der Waals surface area contributed by atoms with Gasteiger partial charge in [-0.3, -0.25) is 0 Å². The molecule has 1 fully saturated rings. The molecule has 1 aliphatic rings. The number of esters is 1. The summed E-state index contributed by atoms with van der Waals surface area (Å²) < 4.78 is 15.4. The first-order valence-electron chi connectivity index (χ1n) is 6.19. The molecule has 0 bridgehead atoms. The first-order chi connectivity index (χ1) is 8.69. The van der Waals surface area contributed by atoms with E-state index >= 15 is 0 Å². The van der Waals surface area contributed by atoms with Crippen LogP contribution in [-0.2, 0) is 16.0 Å². The van der Waals surface area contributed by atoms with E-state index in [2.05, 4.69) is 17.0 Å². The summed E-state index contributed by atoms with van der Waals surface area (Å²) >= 11 is 0. The second-order valence-electron chi connectivity index (χ2n) is 4.58. The van der Waals surface area contributed by atoms with E-state index in [-0.39, 0.29) is 5.97 Å². The standard InChI is InChI=1S/C13H19NO4/c1-9-5-11(3-4-17-9)14-7-12-6-10(8-18-12)13(15)16-2/h6,8-9,11,14H,3-5,7H2,1-2H3. The van der Waals surface area contributed by atoms with Gasteiger partial charge in [-0.05, 0) is 25.8 Å². The highest BCUT2D eigenvalue weighted by Gasteiger charge is 2.19. The molecule has 2 atom stereocenters. The molecular weight excluding hydrogens is 234 g/mol. The number of nitrogens with one attached hydrogen (secondary N) is 1. The maximum absolute atomic E-state index is 11.3. The number of furan rings is 1. The number of carbonyl (C=O) groups is 1. The van der Waals surface area contributed by atoms with Crippen LogP contribution < -0.4 is 5.32 Å². The number of rotatable bonds is 4. The van der Waals surface area contributed by atoms with E-state index in [1.165, 1.54) is 13.4 Å². The van der Waals surface area contributed by atoms with Crippen molar-refractivity contribution < 1.29 is 18.7 Å². The Bertz CT molecular complexity index is 401. The molecule has 2 heterocycles. The SMILES string of the molecule is COC(=O)c1coc(CNC2CCOC(C)C2)c1. The van der Waals surface area contributed by atoms with E-state index in [1.807, 2.05) is 0 Å². The van der Waals surface area contributed by atoms with E-state index in [9.17, 15) is 4.79 Å². The van der Waals surface area contributed by atoms with Crippen LogP contribution >= 0.6 is 0 Å². The average Bonchev–Trinajstić information content (AvgIpc) is 2.84. The van der Waals surface area contributed by atoms with Crippen molar-refractivity contribution >= 4 is 5.97 Å². The number of methoxy groups -OCH3 is 1. The second-order valence-corrected chi connectivity index (χ2v) is 4.58. The zero-order chi connectivity index (χ0) is 13.0. The predicted octanol–water partition coefficient (Wildman–Crippen LogP) is 1.72. The van der Waals surface area contributed by atoms with Crippen LogP contribution in [-0.4, -0.2) is 31.8 Å². The molecule has 18 heavy (non-hydrogen) atoms. The molecule has 0 spiro atoms. The quantitative estimate of drug-likeness (QED) is 0.828. The molecule has 0 aliphatic carbocycles. The molecule has 1 saturated heterocycles. The molecule has 1 aliphatic heterocycles. The maximum atomic E-state index is 11.3. The Kier molecular flexibility index (Phi) is 4.38. The lowest BCUT2D eigenvalue weighted by molar-refractivity contribution is 0.0127. The van der Waals surface area contributed by atoms with Crippen LogP contribution in [0, 0.1) is 0 Å². The van der Waals surface area contributed by atoms with Gasteiger partial charge in [-0.25, -0.2) is 4.79 Å². The van der Waals surface area contributed by atoms with Crippen molar-refractivity contribution in [3.8, 4) is 0 Å². The molecule has 0 aromatic carbocycles. The van der Waals surface area contributed by atoms with Gasteiger partial charge in [-0.15, -0.1) is 0 Å². The smallest absolute Gasteiger partial charge is 0.341 e. The van der Waals surface area contributed by atoms with Crippen molar-refractivity contribution in [1.29, 1.82) is 0 Å². The van der Waals surface area contributed by atoms with Gasteiger partial charge >= 0.3 is 5.97 Å². The fraction of sp³-hybridized carbons (Fsp3) is 0.615. The highest BCUT2D eigenvalue weighted by molar-refractivity contribution is 5.88. The van der Waals surface area contributed by atoms with Gasteiger partial charge in [-0.1, -0.05) is 0 Å². The zero-order valence-corrected chi connectivity index (χ0v) is 10.8. The van der Waals surface area contributed by atoms with Crippen LogP contribution in [0.5, 0.6) is 0 Å². The lowest BCUT2D eigenvalue weighted by Crippen LogP contribution is -2.37. The minimum Gasteiger partial charge on any atom is -0.467 e. The molecule has 1 aromatic rings. The molecule has 0 radical (unpaired) electrons. The van der Waals surface area contributed by atoms with Crippen molar-refractivity contribution in [3.63, 3.8) is 0 Å². The third-order valence-corrected chi connectivity index (χ3v) is 3.12. The fourth-order valence-corrected chi connectivity index (χ4v) is 2.13. The Balaban J connectivity index is 1.82. The van der Waals surface area contributed by atoms with E-state index in [0.29, 0.717) is 24.3 Å². The van der Waals surface area contributed by atoms with Crippen LogP contribution in [0.4, 0.5) is 0 Å². The second kappa shape index (κ2) is 6.02. The molecule has 1 aromatic heterocycles. The summed E-state index contributed by atoms with van der Waals surface area (Å²) in [6.07, 6.45) is 3.74. The van der Waals surface area contributed by atoms with E-state index in [0.717, 1.165) is 25.2 Å². The summed E-state index contributed by atoms with van der Waals surface area (Å²) in [4.78, 5) is 11.3. The monoisotopic (exact) mass is 253 g/mol. The molecule has 5 heteroatoms. The topological polar surface area (TPSA) is 60.7 Å². The van der Waals surface area contributed by atoms with Gasteiger partial charge < -0.3 is 19.2 Å². The molecule has 2 rings (SSSR count). The molecule has 2 unspecified atom stereocenters. The van der Waals surface area contributed by atoms with Crippen LogP contribution in [0.25, 0.3) is 0 Å². The third kappa shape index (κ3) is 3.34. The van der Waals surface area contributed by atoms with Gasteiger partial charge in [0, 0.05) is 12.6 Å². The number of hydrogen-bond acceptors (Lipinski definition) is 5. The normalized spacial score (nSPS) is 23.9. The van der Waals surface area contributed by atoms with E-state index < -0.39 is 0 Å². The summed E-state index contributed by atoms with van der Waals surface area (Å²) in [5, 5.41) is 3.41. The largest absolute Gasteiger partial charge is 0.467 e. The van der Waals surface area contributed by atoms with Gasteiger partial charge in [0.25, 0.3) is 0 Å². The number of hydrogen-bond donors (Lipinski definition) is 1. The van der Waals surface area contributed by atoms with Gasteiger partial charge in [0.15, 0.2) is 0 Å². The van der Waals surface area contributed by atoms with Crippen molar-refractivity contribution in [1.82, 2.24) is 5.32 Å². The van der Waals surface area contributed by atoms with E-state index in [4.69, 9.17) is 9.15 Å². The molecule has 0 saturated carbocycles. The molecule has 100 valence electrons. The highest BCUT2D eigenvalue weighted by Crippen LogP contribution is 2.15. The van der Waals surface area contributed by atoms with Crippen molar-refractivity contribution in [2.45, 2.75) is 38.5 Å². The summed E-state index contributed by atoms with van der Waals surface area (Å²) in [6, 6.07) is 2.15. The molecule has 1 N–H and O–H groups in total. The molecule has 5 nitrogen and oxygen atoms in total. The first-order valence-corrected chi connectivity index (χ1v) is 6.19. The van der Waals surface area contributed by atoms with Crippen LogP contribution in [0.2, 0.25) is 0 Å². The zero-order valence-electron chi connectivity index (χ0n) is 10.8. The Morgan fingerprint density at radius 2 is 2.44 bits per heavy atom. The summed E-state index contributed by atoms with van der Waals surface area (Å²) in [6.45, 7) is 3.49. The maximum Gasteiger partial charge on any atom is 0.341 e. The fourth-order valence-electron chi connectivity index (χ4n) is 2.13. The van der Waals surface area contributed by atoms with Gasteiger partial charge in [0.1, 0.15) is 12.0 Å². The minimum absolute atomic E-state index is 0.304. The lowest BCUT2D eigenvalue weighted by Gasteiger charge is -2.27. The molecule has 0 amide bonds. The van der Waals surface area contributed by atoms with Crippen molar-refractivity contribution in [2.24, 2.45) is 0 Å². The average molecular weight is 253 g/mol. The minimum atomic E-state index is -0.371. The Labute approximate surface area is 106 Å². The Morgan fingerprint density at radius 3 is 3.17 bits per heavy atom. The van der Waals surface area contributed by atoms with Crippen molar-refractivity contribution in [2.75, 3.05) is 13.7 Å². The number of ether oxygens (including phenoxy) is 2. The summed E-state index contributed by atoms with van der Waals surface area (Å²) in [7, 11) is 1.36. The van der Waals surface area contributed by atoms with Gasteiger partial charge in [-0.2, -0.15) is 0 Å². The van der Waals surface area contributed by atoms with Gasteiger partial charge in [0.05, 0.1) is 25.3 Å². The number of carbonyl (C=O) groups excluding carboxylic acids is 1. The van der Waals surface area contributed by atoms with Crippen LogP contribution in [0.15, 0.2) is 16.7 Å². The van der Waals surface area contributed by atoms with Crippen LogP contribution in [0.1, 0.15) is 35.9 Å². The van der Waals surface area contributed by atoms with E-state index in [1.54, 1.807) is 6.07 Å². The van der Waals surface area contributed by atoms with Crippen LogP contribution in [0.3, 0.4) is 0 Å². The Hall–Kier alpha value is -1.33. The highest BCUT2D eigenvalue weighted by atomic mass is 16.5. The lowest BCUT2D eigenvalue weighted by atomic mass is 10.0. The van der Waals surface area contributed by atoms with Crippen molar-refractivity contribution in [3.05, 3.63) is 23.7 Å². The summed E-state index contributed by atoms with van der Waals surface area (Å²) in [5.41, 5.74) is 0.453. The Morgan fingerprint density at radius 1 is 1.61 bits per heavy atom. The predicted molar refractivity (Wildman–Crippen MR) is 65.3 cm³/mol. The molecular formula is C13H19NO4. The third-order valence-electron chi connectivity index (χ3n) is 3.12. The van der Waals surface area contributed by atoms with Gasteiger partial charge in [0.2, 0.25) is 0 Å².